The van der Waals surface area contributed by atoms with Crippen molar-refractivity contribution in [3.63, 3.8) is 0 Å². The Morgan fingerprint density at radius 2 is 2.14 bits per heavy atom. The molecule has 0 spiro atoms. The number of nitrogens with one attached hydrogen (secondary N) is 3. The van der Waals surface area contributed by atoms with Crippen LogP contribution in [0.2, 0.25) is 0 Å². The molecular formula is C20H23N5O3S. The summed E-state index contributed by atoms with van der Waals surface area (Å²) < 4.78 is 6.59. The number of methoxy groups -OCH3 is 1. The van der Waals surface area contributed by atoms with E-state index in [-0.39, 0.29) is 17.4 Å². The Morgan fingerprint density at radius 3 is 2.83 bits per heavy atom. The molecule has 1 amide bonds. The molecule has 1 aliphatic rings. The quantitative estimate of drug-likeness (QED) is 0.514. The van der Waals surface area contributed by atoms with E-state index < -0.39 is 0 Å². The highest BCUT2D eigenvalue weighted by Crippen LogP contribution is 2.33. The minimum absolute atomic E-state index is 0.0326. The number of hydrogen-bond acceptors (Lipinski definition) is 6. The number of amides is 1. The first-order chi connectivity index (χ1) is 14.0. The van der Waals surface area contributed by atoms with Crippen molar-refractivity contribution >= 4 is 45.9 Å². The minimum atomic E-state index is -0.184. The van der Waals surface area contributed by atoms with Crippen LogP contribution in [0.3, 0.4) is 0 Å². The molecule has 3 N–H and O–H groups in total. The molecule has 1 fully saturated rings. The number of aryl methyl sites for hydroxylation is 1. The van der Waals surface area contributed by atoms with Gasteiger partial charge in [0.1, 0.15) is 11.2 Å². The zero-order valence-electron chi connectivity index (χ0n) is 16.5. The summed E-state index contributed by atoms with van der Waals surface area (Å²) in [6, 6.07) is 7.71. The average Bonchev–Trinajstić information content (AvgIpc) is 3.50. The lowest BCUT2D eigenvalue weighted by molar-refractivity contribution is -0.117. The molecule has 0 unspecified atom stereocenters. The smallest absolute Gasteiger partial charge is 0.277 e. The number of hydrogen-bond donors (Lipinski definition) is 3. The van der Waals surface area contributed by atoms with E-state index >= 15 is 0 Å². The van der Waals surface area contributed by atoms with Crippen molar-refractivity contribution in [2.75, 3.05) is 24.0 Å². The summed E-state index contributed by atoms with van der Waals surface area (Å²) in [4.78, 5) is 30.3. The molecule has 1 saturated carbocycles. The molecule has 29 heavy (non-hydrogen) atoms. The summed E-state index contributed by atoms with van der Waals surface area (Å²) in [5.74, 6) is 0.449. The van der Waals surface area contributed by atoms with Gasteiger partial charge < -0.3 is 15.4 Å². The monoisotopic (exact) mass is 413 g/mol. The van der Waals surface area contributed by atoms with Crippen LogP contribution in [0.4, 0.5) is 17.2 Å². The molecule has 3 aromatic rings. The lowest BCUT2D eigenvalue weighted by atomic mass is 10.2. The van der Waals surface area contributed by atoms with Crippen molar-refractivity contribution in [1.29, 1.82) is 0 Å². The number of thioether (sulfide) groups is 1. The fraction of sp³-hybridized carbons (Fsp3) is 0.350. The predicted octanol–water partition coefficient (Wildman–Crippen LogP) is 3.22. The molecule has 2 aromatic heterocycles. The summed E-state index contributed by atoms with van der Waals surface area (Å²) in [6.45, 7) is 0.531. The number of benzene rings is 1. The first-order valence-corrected chi connectivity index (χ1v) is 10.6. The second-order valence-electron chi connectivity index (χ2n) is 7.11. The molecule has 152 valence electrons. The van der Waals surface area contributed by atoms with Crippen LogP contribution in [-0.2, 0) is 23.2 Å². The maximum absolute atomic E-state index is 12.6. The molecule has 0 aliphatic heterocycles. The molecule has 1 aromatic carbocycles. The van der Waals surface area contributed by atoms with E-state index in [1.807, 2.05) is 18.4 Å². The Labute approximate surface area is 172 Å². The minimum Gasteiger partial charge on any atom is -0.380 e. The number of aromatic amines is 1. The van der Waals surface area contributed by atoms with Crippen molar-refractivity contribution in [2.24, 2.45) is 13.0 Å². The normalized spacial score (nSPS) is 13.6. The van der Waals surface area contributed by atoms with Crippen molar-refractivity contribution in [2.45, 2.75) is 24.3 Å². The summed E-state index contributed by atoms with van der Waals surface area (Å²) in [5.41, 5.74) is 2.77. The molecule has 2 heterocycles. The number of carbonyl (C=O) groups excluding carboxylic acids is 1. The van der Waals surface area contributed by atoms with Crippen molar-refractivity contribution in [1.82, 2.24) is 14.8 Å². The van der Waals surface area contributed by atoms with Crippen LogP contribution < -0.4 is 16.2 Å². The Morgan fingerprint density at radius 1 is 1.34 bits per heavy atom. The second-order valence-corrected chi connectivity index (χ2v) is 7.96. The van der Waals surface area contributed by atoms with Gasteiger partial charge in [-0.25, -0.2) is 4.98 Å². The third-order valence-electron chi connectivity index (χ3n) is 4.86. The first-order valence-electron chi connectivity index (χ1n) is 9.33. The van der Waals surface area contributed by atoms with E-state index in [1.54, 1.807) is 32.0 Å². The predicted molar refractivity (Wildman–Crippen MR) is 115 cm³/mol. The first kappa shape index (κ1) is 19.5. The Kier molecular flexibility index (Phi) is 5.33. The average molecular weight is 414 g/mol. The Hall–Kier alpha value is -2.78. The number of anilines is 3. The van der Waals surface area contributed by atoms with Crippen LogP contribution in [0.1, 0.15) is 18.4 Å². The SMILES string of the molecule is COCc1ccc(Nc2cc(NC(=O)C3CC3)nc3[nH]n(C)c(=O)c23)c(SC)c1. The van der Waals surface area contributed by atoms with Crippen LogP contribution in [0, 0.1) is 5.92 Å². The van der Waals surface area contributed by atoms with Gasteiger partial charge in [-0.3, -0.25) is 19.4 Å². The number of fused-ring (bicyclic) bond motifs is 1. The van der Waals surface area contributed by atoms with Crippen LogP contribution in [0.15, 0.2) is 34.0 Å². The number of pyridine rings is 1. The summed E-state index contributed by atoms with van der Waals surface area (Å²) in [6.07, 6.45) is 3.81. The lowest BCUT2D eigenvalue weighted by Crippen LogP contribution is -2.15. The fourth-order valence-electron chi connectivity index (χ4n) is 3.20. The van der Waals surface area contributed by atoms with Crippen LogP contribution in [0.25, 0.3) is 11.0 Å². The maximum Gasteiger partial charge on any atom is 0.277 e. The van der Waals surface area contributed by atoms with E-state index in [2.05, 4.69) is 26.8 Å². The highest BCUT2D eigenvalue weighted by atomic mass is 32.2. The topological polar surface area (TPSA) is 101 Å². The third-order valence-corrected chi connectivity index (χ3v) is 5.63. The van der Waals surface area contributed by atoms with Crippen LogP contribution in [0.5, 0.6) is 0 Å². The van der Waals surface area contributed by atoms with E-state index in [0.29, 0.717) is 29.1 Å². The van der Waals surface area contributed by atoms with E-state index in [4.69, 9.17) is 4.74 Å². The molecule has 9 heteroatoms. The number of rotatable bonds is 7. The summed E-state index contributed by atoms with van der Waals surface area (Å²) in [5, 5.41) is 9.62. The van der Waals surface area contributed by atoms with E-state index in [1.165, 1.54) is 4.68 Å². The highest BCUT2D eigenvalue weighted by molar-refractivity contribution is 7.98. The van der Waals surface area contributed by atoms with Gasteiger partial charge in [0.05, 0.1) is 18.0 Å². The van der Waals surface area contributed by atoms with Crippen molar-refractivity contribution < 1.29 is 9.53 Å². The molecule has 0 saturated heterocycles. The number of carbonyl (C=O) groups is 1. The molecular weight excluding hydrogens is 390 g/mol. The second kappa shape index (κ2) is 7.92. The number of H-pyrrole nitrogens is 1. The van der Waals surface area contributed by atoms with Gasteiger partial charge in [-0.05, 0) is 36.8 Å². The van der Waals surface area contributed by atoms with Gasteiger partial charge in [-0.2, -0.15) is 0 Å². The van der Waals surface area contributed by atoms with Gasteiger partial charge in [0.15, 0.2) is 5.65 Å². The fourth-order valence-corrected chi connectivity index (χ4v) is 3.80. The van der Waals surface area contributed by atoms with Crippen LogP contribution in [-0.4, -0.2) is 34.0 Å². The molecule has 0 bridgehead atoms. The largest absolute Gasteiger partial charge is 0.380 e. The number of aromatic nitrogens is 3. The Balaban J connectivity index is 1.75. The Bertz CT molecular complexity index is 1130. The van der Waals surface area contributed by atoms with Crippen molar-refractivity contribution in [3.05, 3.63) is 40.2 Å². The summed E-state index contributed by atoms with van der Waals surface area (Å²) in [7, 11) is 3.31. The molecule has 8 nitrogen and oxygen atoms in total. The van der Waals surface area contributed by atoms with Crippen molar-refractivity contribution in [3.8, 4) is 0 Å². The maximum atomic E-state index is 12.6. The standard InChI is InChI=1S/C20H23N5O3S/c1-25-20(27)17-14(21-13-7-4-11(10-28-2)8-15(13)29-3)9-16(22-18(17)24-25)23-19(26)12-5-6-12/h4,7-9,12H,5-6,10H2,1-3H3,(H3,21,22,23,24,26). The molecule has 1 aliphatic carbocycles. The van der Waals surface area contributed by atoms with Gasteiger partial charge in [-0.1, -0.05) is 6.07 Å². The molecule has 4 rings (SSSR count). The summed E-state index contributed by atoms with van der Waals surface area (Å²) >= 11 is 1.60. The van der Waals surface area contributed by atoms with E-state index in [9.17, 15) is 9.59 Å². The van der Waals surface area contributed by atoms with Gasteiger partial charge in [0.2, 0.25) is 5.91 Å². The van der Waals surface area contributed by atoms with Gasteiger partial charge in [0, 0.05) is 31.0 Å². The number of nitrogens with zero attached hydrogens (tertiary/aromatic N) is 2. The van der Waals surface area contributed by atoms with E-state index in [0.717, 1.165) is 29.0 Å². The van der Waals surface area contributed by atoms with Gasteiger partial charge >= 0.3 is 0 Å². The van der Waals surface area contributed by atoms with Gasteiger partial charge in [0.25, 0.3) is 5.56 Å². The lowest BCUT2D eigenvalue weighted by Gasteiger charge is -2.14. The zero-order chi connectivity index (χ0) is 20.5. The number of ether oxygens (including phenoxy) is 1. The molecule has 0 radical (unpaired) electrons. The van der Waals surface area contributed by atoms with Crippen LogP contribution >= 0.6 is 11.8 Å². The molecule has 0 atom stereocenters. The highest BCUT2D eigenvalue weighted by Gasteiger charge is 2.30. The van der Waals surface area contributed by atoms with Gasteiger partial charge in [-0.15, -0.1) is 11.8 Å². The third kappa shape index (κ3) is 4.01. The zero-order valence-corrected chi connectivity index (χ0v) is 17.4.